The summed E-state index contributed by atoms with van der Waals surface area (Å²) in [4.78, 5) is 12.0. The largest absolute Gasteiger partial charge is 0.287 e. The van der Waals surface area contributed by atoms with Crippen LogP contribution in [0.1, 0.15) is 46.8 Å². The molecule has 0 spiro atoms. The molecule has 0 unspecified atom stereocenters. The van der Waals surface area contributed by atoms with Gasteiger partial charge in [-0.1, -0.05) is 35.2 Å². The van der Waals surface area contributed by atoms with Crippen LogP contribution in [-0.2, 0) is 0 Å². The molecule has 1 heterocycles. The molecular formula is C13H12N2OS. The second-order valence-corrected chi connectivity index (χ2v) is 4.98. The van der Waals surface area contributed by atoms with Crippen LogP contribution in [-0.4, -0.2) is 15.4 Å². The summed E-state index contributed by atoms with van der Waals surface area (Å²) in [6.45, 7) is 0. The maximum atomic E-state index is 12.0. The molecule has 0 N–H and O–H groups in total. The number of carbonyl (C=O) groups is 1. The Morgan fingerprint density at radius 3 is 2.53 bits per heavy atom. The van der Waals surface area contributed by atoms with Crippen molar-refractivity contribution < 1.29 is 4.79 Å². The molecule has 3 rings (SSSR count). The van der Waals surface area contributed by atoms with Crippen LogP contribution in [0.5, 0.6) is 0 Å². The number of hydrogen-bond donors (Lipinski definition) is 0. The van der Waals surface area contributed by atoms with Crippen molar-refractivity contribution in [2.24, 2.45) is 0 Å². The minimum Gasteiger partial charge on any atom is -0.287 e. The molecule has 4 heteroatoms. The molecule has 1 saturated carbocycles. The van der Waals surface area contributed by atoms with Gasteiger partial charge in [0.15, 0.2) is 0 Å². The van der Waals surface area contributed by atoms with Gasteiger partial charge >= 0.3 is 0 Å². The fourth-order valence-corrected chi connectivity index (χ4v) is 2.50. The molecule has 0 amide bonds. The van der Waals surface area contributed by atoms with E-state index in [1.807, 2.05) is 12.1 Å². The summed E-state index contributed by atoms with van der Waals surface area (Å²) in [5, 5.41) is 5.48. The molecule has 0 bridgehead atoms. The van der Waals surface area contributed by atoms with Crippen LogP contribution >= 0.6 is 11.5 Å². The first kappa shape index (κ1) is 10.6. The Balaban J connectivity index is 1.82. The van der Waals surface area contributed by atoms with Crippen molar-refractivity contribution >= 4 is 17.3 Å². The zero-order valence-electron chi connectivity index (χ0n) is 9.30. The monoisotopic (exact) mass is 244 g/mol. The van der Waals surface area contributed by atoms with Gasteiger partial charge in [0.25, 0.3) is 0 Å². The van der Waals surface area contributed by atoms with Crippen LogP contribution in [0.4, 0.5) is 0 Å². The molecule has 0 radical (unpaired) electrons. The van der Waals surface area contributed by atoms with Crippen molar-refractivity contribution in [3.63, 3.8) is 0 Å². The minimum absolute atomic E-state index is 0.0427. The molecule has 0 saturated heterocycles. The van der Waals surface area contributed by atoms with Crippen molar-refractivity contribution in [2.45, 2.75) is 25.2 Å². The van der Waals surface area contributed by atoms with E-state index >= 15 is 0 Å². The van der Waals surface area contributed by atoms with E-state index in [-0.39, 0.29) is 5.78 Å². The van der Waals surface area contributed by atoms with Crippen molar-refractivity contribution in [1.29, 1.82) is 0 Å². The lowest BCUT2D eigenvalue weighted by Crippen LogP contribution is -2.09. The molecule has 1 aliphatic rings. The van der Waals surface area contributed by atoms with Crippen LogP contribution in [0.2, 0.25) is 0 Å². The predicted molar refractivity (Wildman–Crippen MR) is 66.4 cm³/mol. The van der Waals surface area contributed by atoms with Gasteiger partial charge in [0.05, 0.1) is 0 Å². The van der Waals surface area contributed by atoms with Crippen LogP contribution in [0.15, 0.2) is 29.6 Å². The van der Waals surface area contributed by atoms with Gasteiger partial charge in [0.1, 0.15) is 5.69 Å². The summed E-state index contributed by atoms with van der Waals surface area (Å²) in [5.41, 5.74) is 2.48. The molecule has 1 aliphatic carbocycles. The van der Waals surface area contributed by atoms with Crippen molar-refractivity contribution in [1.82, 2.24) is 9.59 Å². The van der Waals surface area contributed by atoms with E-state index in [9.17, 15) is 4.79 Å². The summed E-state index contributed by atoms with van der Waals surface area (Å²) in [7, 11) is 0. The SMILES string of the molecule is O=C(c1ccc(C2CCC2)cc1)c1csnn1. The third-order valence-electron chi connectivity index (χ3n) is 3.34. The number of aromatic nitrogens is 2. The summed E-state index contributed by atoms with van der Waals surface area (Å²) < 4.78 is 3.71. The van der Waals surface area contributed by atoms with Crippen molar-refractivity contribution in [2.75, 3.05) is 0 Å². The van der Waals surface area contributed by atoms with Crippen LogP contribution in [0.3, 0.4) is 0 Å². The van der Waals surface area contributed by atoms with Crippen LogP contribution < -0.4 is 0 Å². The third kappa shape index (κ3) is 2.00. The van der Waals surface area contributed by atoms with Gasteiger partial charge in [-0.05, 0) is 35.9 Å². The molecule has 3 nitrogen and oxygen atoms in total. The molecule has 2 aromatic rings. The number of benzene rings is 1. The molecule has 1 aromatic carbocycles. The van der Waals surface area contributed by atoms with Gasteiger partial charge in [-0.2, -0.15) is 0 Å². The zero-order valence-corrected chi connectivity index (χ0v) is 10.1. The topological polar surface area (TPSA) is 42.9 Å². The van der Waals surface area contributed by atoms with E-state index in [4.69, 9.17) is 0 Å². The zero-order chi connectivity index (χ0) is 11.7. The molecule has 86 valence electrons. The molecule has 0 aliphatic heterocycles. The number of nitrogens with zero attached hydrogens (tertiary/aromatic N) is 2. The number of rotatable bonds is 3. The van der Waals surface area contributed by atoms with Gasteiger partial charge in [-0.3, -0.25) is 4.79 Å². The lowest BCUT2D eigenvalue weighted by molar-refractivity contribution is 0.103. The van der Waals surface area contributed by atoms with Crippen molar-refractivity contribution in [3.8, 4) is 0 Å². The Morgan fingerprint density at radius 1 is 1.24 bits per heavy atom. The van der Waals surface area contributed by atoms with E-state index in [0.717, 1.165) is 0 Å². The quantitative estimate of drug-likeness (QED) is 0.779. The second kappa shape index (κ2) is 4.37. The van der Waals surface area contributed by atoms with Gasteiger partial charge in [0, 0.05) is 10.9 Å². The standard InChI is InChI=1S/C13H12N2OS/c16-13(12-8-17-15-14-12)11-6-4-10(5-7-11)9-2-1-3-9/h4-9H,1-3H2. The highest BCUT2D eigenvalue weighted by atomic mass is 32.1. The minimum atomic E-state index is -0.0427. The molecular weight excluding hydrogens is 232 g/mol. The van der Waals surface area contributed by atoms with Crippen LogP contribution in [0, 0.1) is 0 Å². The maximum absolute atomic E-state index is 12.0. The average molecular weight is 244 g/mol. The first-order valence-electron chi connectivity index (χ1n) is 5.76. The average Bonchev–Trinajstić information content (AvgIpc) is 2.80. The Morgan fingerprint density at radius 2 is 2.00 bits per heavy atom. The fraction of sp³-hybridized carbons (Fsp3) is 0.308. The lowest BCUT2D eigenvalue weighted by atomic mass is 9.80. The van der Waals surface area contributed by atoms with Gasteiger partial charge in [-0.25, -0.2) is 0 Å². The number of ketones is 1. The third-order valence-corrected chi connectivity index (χ3v) is 3.85. The van der Waals surface area contributed by atoms with Crippen LogP contribution in [0.25, 0.3) is 0 Å². The fourth-order valence-electron chi connectivity index (χ4n) is 2.06. The normalized spacial score (nSPS) is 15.5. The second-order valence-electron chi connectivity index (χ2n) is 4.37. The smallest absolute Gasteiger partial charge is 0.214 e. The first-order chi connectivity index (χ1) is 8.34. The number of carbonyl (C=O) groups excluding carboxylic acids is 1. The Kier molecular flexibility index (Phi) is 2.73. The summed E-state index contributed by atoms with van der Waals surface area (Å²) in [5.74, 6) is 0.666. The highest BCUT2D eigenvalue weighted by Crippen LogP contribution is 2.36. The Bertz CT molecular complexity index is 515. The lowest BCUT2D eigenvalue weighted by Gasteiger charge is -2.25. The molecule has 1 fully saturated rings. The van der Waals surface area contributed by atoms with Gasteiger partial charge < -0.3 is 0 Å². The summed E-state index contributed by atoms with van der Waals surface area (Å²) in [6, 6.07) is 7.93. The van der Waals surface area contributed by atoms with E-state index in [1.165, 1.54) is 36.4 Å². The Labute approximate surface area is 104 Å². The number of hydrogen-bond acceptors (Lipinski definition) is 4. The van der Waals surface area contributed by atoms with Gasteiger partial charge in [0.2, 0.25) is 5.78 Å². The van der Waals surface area contributed by atoms with E-state index in [0.29, 0.717) is 17.2 Å². The highest BCUT2D eigenvalue weighted by Gasteiger charge is 2.19. The predicted octanol–water partition coefficient (Wildman–Crippen LogP) is 3.04. The maximum Gasteiger partial charge on any atom is 0.214 e. The molecule has 17 heavy (non-hydrogen) atoms. The van der Waals surface area contributed by atoms with E-state index in [1.54, 1.807) is 5.38 Å². The molecule has 0 atom stereocenters. The van der Waals surface area contributed by atoms with Gasteiger partial charge in [-0.15, -0.1) is 5.10 Å². The highest BCUT2D eigenvalue weighted by molar-refractivity contribution is 7.03. The first-order valence-corrected chi connectivity index (χ1v) is 6.60. The van der Waals surface area contributed by atoms with E-state index in [2.05, 4.69) is 21.7 Å². The summed E-state index contributed by atoms with van der Waals surface area (Å²) in [6.07, 6.45) is 3.89. The Hall–Kier alpha value is -1.55. The van der Waals surface area contributed by atoms with E-state index < -0.39 is 0 Å². The summed E-state index contributed by atoms with van der Waals surface area (Å²) >= 11 is 1.20. The molecule has 1 aromatic heterocycles. The van der Waals surface area contributed by atoms with Crippen molar-refractivity contribution in [3.05, 3.63) is 46.5 Å².